The number of nitrogens with one attached hydrogen (secondary N) is 1. The highest BCUT2D eigenvalue weighted by atomic mass is 32.2. The summed E-state index contributed by atoms with van der Waals surface area (Å²) in [6.45, 7) is 0. The maximum Gasteiger partial charge on any atom is 0.270 e. The van der Waals surface area contributed by atoms with Gasteiger partial charge in [0.05, 0.1) is 4.92 Å². The number of aromatic amines is 1. The highest BCUT2D eigenvalue weighted by Crippen LogP contribution is 2.21. The molecule has 0 saturated carbocycles. The monoisotopic (exact) mass is 288 g/mol. The second kappa shape index (κ2) is 5.54. The Balaban J connectivity index is 2.54. The zero-order valence-electron chi connectivity index (χ0n) is 10.3. The second-order valence-corrected chi connectivity index (χ2v) is 4.51. The average Bonchev–Trinajstić information content (AvgIpc) is 2.46. The fourth-order valence-electron chi connectivity index (χ4n) is 1.58. The molecule has 0 aliphatic heterocycles. The van der Waals surface area contributed by atoms with Crippen molar-refractivity contribution in [3.8, 4) is 17.5 Å². The average molecular weight is 288 g/mol. The first-order chi connectivity index (χ1) is 9.56. The molecule has 100 valence electrons. The predicted molar refractivity (Wildman–Crippen MR) is 73.4 cm³/mol. The van der Waals surface area contributed by atoms with E-state index in [1.807, 2.05) is 0 Å². The smallest absolute Gasteiger partial charge is 0.270 e. The van der Waals surface area contributed by atoms with Crippen LogP contribution in [-0.2, 0) is 0 Å². The van der Waals surface area contributed by atoms with E-state index in [-0.39, 0.29) is 17.1 Å². The van der Waals surface area contributed by atoms with E-state index in [4.69, 9.17) is 5.26 Å². The van der Waals surface area contributed by atoms with E-state index >= 15 is 0 Å². The summed E-state index contributed by atoms with van der Waals surface area (Å²) in [7, 11) is 0. The Morgan fingerprint density at radius 3 is 2.55 bits per heavy atom. The van der Waals surface area contributed by atoms with E-state index < -0.39 is 10.5 Å². The maximum absolute atomic E-state index is 11.8. The fraction of sp³-hybridized carbons (Fsp3) is 0.0833. The van der Waals surface area contributed by atoms with Crippen LogP contribution in [0.2, 0.25) is 0 Å². The van der Waals surface area contributed by atoms with E-state index in [0.717, 1.165) is 0 Å². The summed E-state index contributed by atoms with van der Waals surface area (Å²) in [5, 5.41) is 19.8. The molecule has 1 aromatic carbocycles. The van der Waals surface area contributed by atoms with Gasteiger partial charge in [-0.1, -0.05) is 0 Å². The summed E-state index contributed by atoms with van der Waals surface area (Å²) in [6.07, 6.45) is 1.71. The number of hydrogen-bond donors (Lipinski definition) is 1. The Morgan fingerprint density at radius 1 is 1.40 bits per heavy atom. The van der Waals surface area contributed by atoms with Gasteiger partial charge in [-0.2, -0.15) is 5.26 Å². The summed E-state index contributed by atoms with van der Waals surface area (Å²) >= 11 is 1.19. The first kappa shape index (κ1) is 13.8. The topological polar surface area (TPSA) is 113 Å². The van der Waals surface area contributed by atoms with Gasteiger partial charge in [0.25, 0.3) is 11.2 Å². The Kier molecular flexibility index (Phi) is 3.81. The normalized spacial score (nSPS) is 10.0. The van der Waals surface area contributed by atoms with Crippen molar-refractivity contribution < 1.29 is 4.92 Å². The van der Waals surface area contributed by atoms with E-state index in [0.29, 0.717) is 10.6 Å². The van der Waals surface area contributed by atoms with Crippen molar-refractivity contribution in [1.82, 2.24) is 9.97 Å². The van der Waals surface area contributed by atoms with Crippen molar-refractivity contribution in [3.05, 3.63) is 50.3 Å². The van der Waals surface area contributed by atoms with Crippen molar-refractivity contribution in [2.45, 2.75) is 5.03 Å². The first-order valence-electron chi connectivity index (χ1n) is 5.40. The molecule has 0 spiro atoms. The molecule has 2 aromatic rings. The van der Waals surface area contributed by atoms with Crippen LogP contribution in [0.15, 0.2) is 34.1 Å². The van der Waals surface area contributed by atoms with Crippen LogP contribution in [0.25, 0.3) is 11.4 Å². The number of nitrogens with zero attached hydrogens (tertiary/aromatic N) is 3. The molecule has 7 nitrogen and oxygen atoms in total. The Morgan fingerprint density at radius 2 is 2.05 bits per heavy atom. The second-order valence-electron chi connectivity index (χ2n) is 3.71. The highest BCUT2D eigenvalue weighted by molar-refractivity contribution is 7.98. The summed E-state index contributed by atoms with van der Waals surface area (Å²) in [5.41, 5.74) is -0.0781. The van der Waals surface area contributed by atoms with Gasteiger partial charge in [0, 0.05) is 17.7 Å². The van der Waals surface area contributed by atoms with Crippen LogP contribution < -0.4 is 5.56 Å². The quantitative estimate of drug-likeness (QED) is 0.399. The van der Waals surface area contributed by atoms with Crippen molar-refractivity contribution in [2.24, 2.45) is 0 Å². The van der Waals surface area contributed by atoms with Gasteiger partial charge in [0.1, 0.15) is 22.5 Å². The largest absolute Gasteiger partial charge is 0.305 e. The van der Waals surface area contributed by atoms with Gasteiger partial charge in [0.15, 0.2) is 0 Å². The number of nitro groups is 1. The minimum Gasteiger partial charge on any atom is -0.305 e. The van der Waals surface area contributed by atoms with Gasteiger partial charge in [-0.25, -0.2) is 4.98 Å². The van der Waals surface area contributed by atoms with Crippen LogP contribution >= 0.6 is 11.8 Å². The molecule has 2 rings (SSSR count). The molecule has 0 unspecified atom stereocenters. The SMILES string of the molecule is CSc1nc(-c2ccc([N+](=O)[O-])cc2)[nH]c(=O)c1C#N. The summed E-state index contributed by atoms with van der Waals surface area (Å²) in [5.74, 6) is 0.272. The number of thioether (sulfide) groups is 1. The molecule has 0 atom stereocenters. The lowest BCUT2D eigenvalue weighted by atomic mass is 10.2. The summed E-state index contributed by atoms with van der Waals surface area (Å²) in [6, 6.07) is 7.44. The molecule has 8 heteroatoms. The molecular formula is C12H8N4O3S. The molecule has 1 aromatic heterocycles. The number of non-ortho nitro benzene ring substituents is 1. The number of aromatic nitrogens is 2. The minimum absolute atomic E-state index is 0.0387. The minimum atomic E-state index is -0.528. The zero-order chi connectivity index (χ0) is 14.7. The molecular weight excluding hydrogens is 280 g/mol. The van der Waals surface area contributed by atoms with Gasteiger partial charge >= 0.3 is 0 Å². The predicted octanol–water partition coefficient (Wildman–Crippen LogP) is 1.94. The van der Waals surface area contributed by atoms with Crippen molar-refractivity contribution >= 4 is 17.4 Å². The van der Waals surface area contributed by atoms with Gasteiger partial charge in [-0.15, -0.1) is 11.8 Å². The maximum atomic E-state index is 11.8. The lowest BCUT2D eigenvalue weighted by molar-refractivity contribution is -0.384. The standard InChI is InChI=1S/C12H8N4O3S/c1-20-12-9(6-13)11(17)14-10(15-12)7-2-4-8(5-3-7)16(18)19/h2-5H,1H3,(H,14,15,17). The van der Waals surface area contributed by atoms with Gasteiger partial charge in [0.2, 0.25) is 0 Å². The Hall–Kier alpha value is -2.66. The molecule has 0 radical (unpaired) electrons. The molecule has 0 fully saturated rings. The fourth-order valence-corrected chi connectivity index (χ4v) is 2.10. The molecule has 0 saturated heterocycles. The van der Waals surface area contributed by atoms with Crippen LogP contribution in [0.1, 0.15) is 5.56 Å². The number of hydrogen-bond acceptors (Lipinski definition) is 6. The summed E-state index contributed by atoms with van der Waals surface area (Å²) < 4.78 is 0. The number of benzene rings is 1. The summed E-state index contributed by atoms with van der Waals surface area (Å²) in [4.78, 5) is 28.5. The van der Waals surface area contributed by atoms with E-state index in [1.165, 1.54) is 36.0 Å². The third-order valence-corrected chi connectivity index (χ3v) is 3.23. The van der Waals surface area contributed by atoms with Crippen molar-refractivity contribution in [3.63, 3.8) is 0 Å². The van der Waals surface area contributed by atoms with Crippen LogP contribution in [0, 0.1) is 21.4 Å². The molecule has 1 heterocycles. The number of rotatable bonds is 3. The van der Waals surface area contributed by atoms with Crippen LogP contribution in [0.5, 0.6) is 0 Å². The lowest BCUT2D eigenvalue weighted by Crippen LogP contribution is -2.14. The van der Waals surface area contributed by atoms with Crippen LogP contribution in [-0.4, -0.2) is 21.1 Å². The number of nitro benzene ring substituents is 1. The van der Waals surface area contributed by atoms with E-state index in [1.54, 1.807) is 12.3 Å². The first-order valence-corrected chi connectivity index (χ1v) is 6.62. The van der Waals surface area contributed by atoms with Gasteiger partial charge < -0.3 is 4.98 Å². The molecule has 0 aliphatic rings. The Labute approximate surface area is 117 Å². The van der Waals surface area contributed by atoms with Crippen molar-refractivity contribution in [1.29, 1.82) is 5.26 Å². The van der Waals surface area contributed by atoms with Crippen LogP contribution in [0.4, 0.5) is 5.69 Å². The van der Waals surface area contributed by atoms with Gasteiger partial charge in [-0.3, -0.25) is 14.9 Å². The van der Waals surface area contributed by atoms with Crippen LogP contribution in [0.3, 0.4) is 0 Å². The molecule has 0 amide bonds. The Bertz CT molecular complexity index is 762. The molecule has 1 N–H and O–H groups in total. The highest BCUT2D eigenvalue weighted by Gasteiger charge is 2.12. The van der Waals surface area contributed by atoms with E-state index in [2.05, 4.69) is 9.97 Å². The third-order valence-electron chi connectivity index (χ3n) is 2.54. The molecule has 20 heavy (non-hydrogen) atoms. The zero-order valence-corrected chi connectivity index (χ0v) is 11.1. The van der Waals surface area contributed by atoms with Crippen molar-refractivity contribution in [2.75, 3.05) is 6.26 Å². The number of H-pyrrole nitrogens is 1. The van der Waals surface area contributed by atoms with Gasteiger partial charge in [-0.05, 0) is 18.4 Å². The molecule has 0 aliphatic carbocycles. The lowest BCUT2D eigenvalue weighted by Gasteiger charge is -2.04. The van der Waals surface area contributed by atoms with E-state index in [9.17, 15) is 14.9 Å². The number of nitriles is 1. The third kappa shape index (κ3) is 2.53. The molecule has 0 bridgehead atoms.